The van der Waals surface area contributed by atoms with Crippen LogP contribution in [0.2, 0.25) is 0 Å². The molecule has 1 aliphatic carbocycles. The van der Waals surface area contributed by atoms with Gasteiger partial charge in [-0.15, -0.1) is 0 Å². The molecular formula is C14H11NO. The highest BCUT2D eigenvalue weighted by Gasteiger charge is 2.21. The number of hydrogen-bond donors (Lipinski definition) is 0. The predicted molar refractivity (Wildman–Crippen MR) is 66.3 cm³/mol. The summed E-state index contributed by atoms with van der Waals surface area (Å²) in [5.41, 5.74) is 2.83. The van der Waals surface area contributed by atoms with Crippen molar-refractivity contribution in [3.8, 4) is 0 Å². The summed E-state index contributed by atoms with van der Waals surface area (Å²) in [6.45, 7) is 3.78. The molecule has 3 rings (SSSR count). The lowest BCUT2D eigenvalue weighted by atomic mass is 10.0. The summed E-state index contributed by atoms with van der Waals surface area (Å²) in [4.78, 5) is 11.9. The molecule has 16 heavy (non-hydrogen) atoms. The summed E-state index contributed by atoms with van der Waals surface area (Å²) >= 11 is 0. The Labute approximate surface area is 93.5 Å². The molecule has 1 aliphatic rings. The minimum atomic E-state index is 0.161. The molecule has 0 radical (unpaired) electrons. The van der Waals surface area contributed by atoms with Gasteiger partial charge in [-0.2, -0.15) is 0 Å². The van der Waals surface area contributed by atoms with Gasteiger partial charge in [-0.1, -0.05) is 36.9 Å². The summed E-state index contributed by atoms with van der Waals surface area (Å²) < 4.78 is 1.89. The largest absolute Gasteiger partial charge is 0.313 e. The molecule has 0 saturated heterocycles. The molecule has 1 heterocycles. The first-order valence-electron chi connectivity index (χ1n) is 5.28. The third-order valence-corrected chi connectivity index (χ3v) is 2.98. The first-order chi connectivity index (χ1) is 7.83. The van der Waals surface area contributed by atoms with Crippen molar-refractivity contribution in [1.29, 1.82) is 0 Å². The number of para-hydroxylation sites is 1. The molecule has 0 N–H and O–H groups in total. The van der Waals surface area contributed by atoms with Crippen LogP contribution in [0.15, 0.2) is 36.9 Å². The van der Waals surface area contributed by atoms with Gasteiger partial charge in [0.15, 0.2) is 5.78 Å². The molecule has 0 amide bonds. The highest BCUT2D eigenvalue weighted by molar-refractivity contribution is 6.09. The molecule has 0 saturated carbocycles. The Balaban J connectivity index is 2.53. The molecule has 78 valence electrons. The summed E-state index contributed by atoms with van der Waals surface area (Å²) in [5.74, 6) is 0.161. The second-order valence-corrected chi connectivity index (χ2v) is 3.86. The SMILES string of the molecule is C=Cn1c2c(c3ccccc31)C=CCC2=O. The molecule has 0 fully saturated rings. The smallest absolute Gasteiger partial charge is 0.183 e. The molecular weight excluding hydrogens is 198 g/mol. The van der Waals surface area contributed by atoms with E-state index in [2.05, 4.69) is 6.58 Å². The number of ketones is 1. The molecule has 0 spiro atoms. The zero-order chi connectivity index (χ0) is 11.1. The van der Waals surface area contributed by atoms with E-state index in [-0.39, 0.29) is 5.78 Å². The van der Waals surface area contributed by atoms with Crippen LogP contribution in [-0.2, 0) is 0 Å². The lowest BCUT2D eigenvalue weighted by Crippen LogP contribution is -2.07. The summed E-state index contributed by atoms with van der Waals surface area (Å²) in [6, 6.07) is 8.01. The molecule has 0 unspecified atom stereocenters. The van der Waals surface area contributed by atoms with Gasteiger partial charge in [0.25, 0.3) is 0 Å². The fraction of sp³-hybridized carbons (Fsp3) is 0.0714. The van der Waals surface area contributed by atoms with E-state index in [1.54, 1.807) is 6.20 Å². The van der Waals surface area contributed by atoms with Crippen molar-refractivity contribution in [3.05, 3.63) is 48.2 Å². The second kappa shape index (κ2) is 3.20. The molecule has 0 atom stereocenters. The van der Waals surface area contributed by atoms with E-state index in [0.29, 0.717) is 6.42 Å². The van der Waals surface area contributed by atoms with E-state index in [9.17, 15) is 4.79 Å². The maximum absolute atomic E-state index is 11.9. The lowest BCUT2D eigenvalue weighted by molar-refractivity contribution is 0.0989. The number of fused-ring (bicyclic) bond motifs is 3. The van der Waals surface area contributed by atoms with Crippen LogP contribution in [0, 0.1) is 0 Å². The van der Waals surface area contributed by atoms with Crippen LogP contribution in [-0.4, -0.2) is 10.4 Å². The standard InChI is InChI=1S/C14H11NO/c1-2-15-12-8-4-3-6-10(12)11-7-5-9-13(16)14(11)15/h2-8H,1,9H2. The topological polar surface area (TPSA) is 22.0 Å². The summed E-state index contributed by atoms with van der Waals surface area (Å²) in [7, 11) is 0. The monoisotopic (exact) mass is 209 g/mol. The Bertz CT molecular complexity index is 631. The number of carbonyl (C=O) groups excluding carboxylic acids is 1. The van der Waals surface area contributed by atoms with Crippen molar-refractivity contribution in [2.75, 3.05) is 0 Å². The van der Waals surface area contributed by atoms with Crippen LogP contribution in [0.4, 0.5) is 0 Å². The van der Waals surface area contributed by atoms with Gasteiger partial charge in [0.05, 0.1) is 11.2 Å². The number of Topliss-reactive ketones (excluding diaryl/α,β-unsaturated/α-hetero) is 1. The number of allylic oxidation sites excluding steroid dienone is 1. The Morgan fingerprint density at radius 2 is 2.12 bits per heavy atom. The number of benzene rings is 1. The third kappa shape index (κ3) is 1.04. The highest BCUT2D eigenvalue weighted by atomic mass is 16.1. The van der Waals surface area contributed by atoms with Crippen LogP contribution >= 0.6 is 0 Å². The van der Waals surface area contributed by atoms with Crippen molar-refractivity contribution >= 4 is 29.0 Å². The van der Waals surface area contributed by atoms with Gasteiger partial charge in [0.1, 0.15) is 0 Å². The van der Waals surface area contributed by atoms with Crippen molar-refractivity contribution in [3.63, 3.8) is 0 Å². The van der Waals surface area contributed by atoms with Crippen LogP contribution in [0.5, 0.6) is 0 Å². The first-order valence-corrected chi connectivity index (χ1v) is 5.28. The van der Waals surface area contributed by atoms with Crippen molar-refractivity contribution in [2.24, 2.45) is 0 Å². The predicted octanol–water partition coefficient (Wildman–Crippen LogP) is 3.34. The molecule has 0 aliphatic heterocycles. The van der Waals surface area contributed by atoms with Crippen LogP contribution in [0.25, 0.3) is 23.2 Å². The fourth-order valence-corrected chi connectivity index (χ4v) is 2.31. The molecule has 0 bridgehead atoms. The van der Waals surface area contributed by atoms with E-state index in [0.717, 1.165) is 22.2 Å². The van der Waals surface area contributed by atoms with E-state index < -0.39 is 0 Å². The van der Waals surface area contributed by atoms with Crippen molar-refractivity contribution < 1.29 is 4.79 Å². The van der Waals surface area contributed by atoms with Crippen LogP contribution in [0.1, 0.15) is 22.5 Å². The molecule has 1 aromatic heterocycles. The van der Waals surface area contributed by atoms with E-state index in [1.807, 2.05) is 41.0 Å². The minimum Gasteiger partial charge on any atom is -0.313 e. The third-order valence-electron chi connectivity index (χ3n) is 2.98. The van der Waals surface area contributed by atoms with Gasteiger partial charge >= 0.3 is 0 Å². The molecule has 2 aromatic rings. The van der Waals surface area contributed by atoms with Gasteiger partial charge in [-0.3, -0.25) is 4.79 Å². The van der Waals surface area contributed by atoms with Gasteiger partial charge in [0, 0.05) is 23.6 Å². The van der Waals surface area contributed by atoms with Crippen LogP contribution < -0.4 is 0 Å². The Hall–Kier alpha value is -2.09. The van der Waals surface area contributed by atoms with Crippen LogP contribution in [0.3, 0.4) is 0 Å². The van der Waals surface area contributed by atoms with Crippen molar-refractivity contribution in [2.45, 2.75) is 6.42 Å². The average molecular weight is 209 g/mol. The van der Waals surface area contributed by atoms with E-state index >= 15 is 0 Å². The summed E-state index contributed by atoms with van der Waals surface area (Å²) in [5, 5.41) is 1.11. The molecule has 1 aromatic carbocycles. The number of nitrogens with zero attached hydrogens (tertiary/aromatic N) is 1. The van der Waals surface area contributed by atoms with E-state index in [1.165, 1.54) is 0 Å². The fourth-order valence-electron chi connectivity index (χ4n) is 2.31. The van der Waals surface area contributed by atoms with E-state index in [4.69, 9.17) is 0 Å². The normalized spacial score (nSPS) is 14.1. The van der Waals surface area contributed by atoms with Gasteiger partial charge in [-0.05, 0) is 6.07 Å². The number of aromatic nitrogens is 1. The summed E-state index contributed by atoms with van der Waals surface area (Å²) in [6.07, 6.45) is 6.14. The highest BCUT2D eigenvalue weighted by Crippen LogP contribution is 2.31. The lowest BCUT2D eigenvalue weighted by Gasteiger charge is -2.07. The Morgan fingerprint density at radius 1 is 1.31 bits per heavy atom. The maximum Gasteiger partial charge on any atom is 0.183 e. The zero-order valence-corrected chi connectivity index (χ0v) is 8.81. The Morgan fingerprint density at radius 3 is 2.94 bits per heavy atom. The second-order valence-electron chi connectivity index (χ2n) is 3.86. The molecule has 2 heteroatoms. The van der Waals surface area contributed by atoms with Gasteiger partial charge < -0.3 is 4.57 Å². The molecule has 2 nitrogen and oxygen atoms in total. The first kappa shape index (κ1) is 9.16. The minimum absolute atomic E-state index is 0.161. The number of carbonyl (C=O) groups is 1. The maximum atomic E-state index is 11.9. The Kier molecular flexibility index (Phi) is 1.83. The number of hydrogen-bond acceptors (Lipinski definition) is 1. The van der Waals surface area contributed by atoms with Crippen molar-refractivity contribution in [1.82, 2.24) is 4.57 Å². The quantitative estimate of drug-likeness (QED) is 0.706. The van der Waals surface area contributed by atoms with Gasteiger partial charge in [0.2, 0.25) is 0 Å². The average Bonchev–Trinajstić information content (AvgIpc) is 2.65. The van der Waals surface area contributed by atoms with Gasteiger partial charge in [-0.25, -0.2) is 0 Å². The zero-order valence-electron chi connectivity index (χ0n) is 8.81. The number of rotatable bonds is 1.